The van der Waals surface area contributed by atoms with Gasteiger partial charge in [-0.15, -0.1) is 0 Å². The first-order valence-corrected chi connectivity index (χ1v) is 10.9. The summed E-state index contributed by atoms with van der Waals surface area (Å²) in [5.41, 5.74) is 4.93. The minimum atomic E-state index is -0.00442. The summed E-state index contributed by atoms with van der Waals surface area (Å²) in [7, 11) is 3.61. The molecular weight excluding hydrogens is 374 g/mol. The number of piperidine rings is 1. The van der Waals surface area contributed by atoms with E-state index in [-0.39, 0.29) is 11.5 Å². The third-order valence-electron chi connectivity index (χ3n) is 6.59. The number of hydrogen-bond acceptors (Lipinski definition) is 3. The topological polar surface area (TPSA) is 45.5 Å². The van der Waals surface area contributed by atoms with Crippen LogP contribution in [0.1, 0.15) is 45.5 Å². The van der Waals surface area contributed by atoms with Gasteiger partial charge in [0, 0.05) is 38.9 Å². The number of fused-ring (bicyclic) bond motifs is 1. The van der Waals surface area contributed by atoms with Crippen molar-refractivity contribution in [1.29, 1.82) is 0 Å². The SMILES string of the molecule is Cc1ccccc1CN1CCC(CN(C)C(=O)c2cn(C)c(=O)c3c2C=CC3)CC1. The number of pyridine rings is 1. The van der Waals surface area contributed by atoms with Crippen LogP contribution in [0.3, 0.4) is 0 Å². The smallest absolute Gasteiger partial charge is 0.255 e. The van der Waals surface area contributed by atoms with Crippen LogP contribution in [0.5, 0.6) is 0 Å². The molecule has 1 aromatic heterocycles. The Labute approximate surface area is 178 Å². The monoisotopic (exact) mass is 405 g/mol. The van der Waals surface area contributed by atoms with Crippen LogP contribution in [0, 0.1) is 12.8 Å². The van der Waals surface area contributed by atoms with Crippen molar-refractivity contribution in [1.82, 2.24) is 14.4 Å². The molecule has 2 heterocycles. The van der Waals surface area contributed by atoms with Gasteiger partial charge in [0.25, 0.3) is 11.5 Å². The second-order valence-corrected chi connectivity index (χ2v) is 8.79. The number of carbonyl (C=O) groups excluding carboxylic acids is 1. The molecule has 0 N–H and O–H groups in total. The van der Waals surface area contributed by atoms with Crippen LogP contribution in [0.15, 0.2) is 41.3 Å². The van der Waals surface area contributed by atoms with Gasteiger partial charge in [-0.1, -0.05) is 36.4 Å². The Morgan fingerprint density at radius 3 is 2.67 bits per heavy atom. The number of aryl methyl sites for hydroxylation is 2. The summed E-state index contributed by atoms with van der Waals surface area (Å²) in [6.45, 7) is 6.08. The molecule has 0 atom stereocenters. The van der Waals surface area contributed by atoms with Crippen molar-refractivity contribution >= 4 is 12.0 Å². The highest BCUT2D eigenvalue weighted by Crippen LogP contribution is 2.24. The maximum absolute atomic E-state index is 13.2. The van der Waals surface area contributed by atoms with E-state index >= 15 is 0 Å². The Hall–Kier alpha value is -2.66. The van der Waals surface area contributed by atoms with Gasteiger partial charge in [-0.2, -0.15) is 0 Å². The van der Waals surface area contributed by atoms with Crippen LogP contribution >= 0.6 is 0 Å². The minimum Gasteiger partial charge on any atom is -0.341 e. The lowest BCUT2D eigenvalue weighted by atomic mass is 9.95. The molecule has 1 aliphatic heterocycles. The van der Waals surface area contributed by atoms with Gasteiger partial charge in [0.1, 0.15) is 0 Å². The van der Waals surface area contributed by atoms with Gasteiger partial charge in [0.2, 0.25) is 0 Å². The number of carbonyl (C=O) groups is 1. The first kappa shape index (κ1) is 20.6. The molecule has 0 unspecified atom stereocenters. The largest absolute Gasteiger partial charge is 0.341 e. The van der Waals surface area contributed by atoms with Gasteiger partial charge in [0.05, 0.1) is 5.56 Å². The van der Waals surface area contributed by atoms with E-state index in [1.165, 1.54) is 15.7 Å². The number of hydrogen-bond donors (Lipinski definition) is 0. The van der Waals surface area contributed by atoms with Crippen molar-refractivity contribution in [3.63, 3.8) is 0 Å². The minimum absolute atomic E-state index is 0.00442. The number of rotatable bonds is 5. The number of benzene rings is 1. The standard InChI is InChI=1S/C25H31N3O2/c1-18-7-4-5-8-20(18)16-28-13-11-19(12-14-28)15-26(2)25(30)23-17-27(3)24(29)22-10-6-9-21(22)23/h4-9,17,19H,10-16H2,1-3H3. The van der Waals surface area contributed by atoms with Crippen molar-refractivity contribution in [2.24, 2.45) is 13.0 Å². The van der Waals surface area contributed by atoms with Gasteiger partial charge in [0.15, 0.2) is 0 Å². The Kier molecular flexibility index (Phi) is 5.91. The van der Waals surface area contributed by atoms with Crippen LogP contribution < -0.4 is 5.56 Å². The average Bonchev–Trinajstić information content (AvgIpc) is 3.23. The molecule has 158 valence electrons. The van der Waals surface area contributed by atoms with E-state index in [1.807, 2.05) is 24.1 Å². The maximum atomic E-state index is 13.2. The first-order chi connectivity index (χ1) is 14.4. The third-order valence-corrected chi connectivity index (χ3v) is 6.59. The van der Waals surface area contributed by atoms with E-state index in [4.69, 9.17) is 0 Å². The van der Waals surface area contributed by atoms with Crippen molar-refractivity contribution in [3.05, 3.63) is 74.7 Å². The Morgan fingerprint density at radius 2 is 1.93 bits per heavy atom. The highest BCUT2D eigenvalue weighted by molar-refractivity contribution is 5.98. The van der Waals surface area contributed by atoms with Crippen molar-refractivity contribution in [2.75, 3.05) is 26.7 Å². The maximum Gasteiger partial charge on any atom is 0.255 e. The molecule has 2 aromatic rings. The van der Waals surface area contributed by atoms with Gasteiger partial charge in [-0.3, -0.25) is 14.5 Å². The summed E-state index contributed by atoms with van der Waals surface area (Å²) < 4.78 is 1.54. The fourth-order valence-electron chi connectivity index (χ4n) is 4.70. The molecule has 0 bridgehead atoms. The predicted octanol–water partition coefficient (Wildman–Crippen LogP) is 3.25. The molecule has 5 nitrogen and oxygen atoms in total. The number of nitrogens with zero attached hydrogens (tertiary/aromatic N) is 3. The normalized spacial score (nSPS) is 16.6. The zero-order valence-electron chi connectivity index (χ0n) is 18.2. The van der Waals surface area contributed by atoms with E-state index in [9.17, 15) is 9.59 Å². The molecule has 2 aliphatic rings. The van der Waals surface area contributed by atoms with E-state index in [0.717, 1.165) is 50.1 Å². The Bertz CT molecular complexity index is 1030. The second kappa shape index (κ2) is 8.60. The molecule has 1 saturated heterocycles. The van der Waals surface area contributed by atoms with E-state index in [0.29, 0.717) is 17.9 Å². The van der Waals surface area contributed by atoms with E-state index in [2.05, 4.69) is 36.1 Å². The predicted molar refractivity (Wildman–Crippen MR) is 121 cm³/mol. The fraction of sp³-hybridized carbons (Fsp3) is 0.440. The van der Waals surface area contributed by atoms with Crippen LogP contribution in [-0.4, -0.2) is 47.0 Å². The van der Waals surface area contributed by atoms with Gasteiger partial charge < -0.3 is 9.47 Å². The summed E-state index contributed by atoms with van der Waals surface area (Å²) in [6, 6.07) is 8.59. The summed E-state index contributed by atoms with van der Waals surface area (Å²) in [4.78, 5) is 29.8. The molecule has 1 aliphatic carbocycles. The molecule has 1 aromatic carbocycles. The van der Waals surface area contributed by atoms with Gasteiger partial charge >= 0.3 is 0 Å². The molecule has 1 fully saturated rings. The number of likely N-dealkylation sites (tertiary alicyclic amines) is 1. The summed E-state index contributed by atoms with van der Waals surface area (Å²) in [6.07, 6.45) is 8.41. The number of allylic oxidation sites excluding steroid dienone is 1. The molecule has 1 amide bonds. The van der Waals surface area contributed by atoms with Crippen LogP contribution in [-0.2, 0) is 20.0 Å². The summed E-state index contributed by atoms with van der Waals surface area (Å²) >= 11 is 0. The van der Waals surface area contributed by atoms with Crippen molar-refractivity contribution < 1.29 is 4.79 Å². The highest BCUT2D eigenvalue weighted by Gasteiger charge is 2.26. The lowest BCUT2D eigenvalue weighted by Gasteiger charge is -2.34. The van der Waals surface area contributed by atoms with Crippen LogP contribution in [0.25, 0.3) is 6.08 Å². The van der Waals surface area contributed by atoms with Gasteiger partial charge in [-0.25, -0.2) is 0 Å². The van der Waals surface area contributed by atoms with Crippen molar-refractivity contribution in [2.45, 2.75) is 32.7 Å². The Balaban J connectivity index is 1.36. The number of aromatic nitrogens is 1. The van der Waals surface area contributed by atoms with Gasteiger partial charge in [-0.05, 0) is 61.9 Å². The summed E-state index contributed by atoms with van der Waals surface area (Å²) in [5, 5.41) is 0. The molecule has 0 radical (unpaired) electrons. The molecule has 30 heavy (non-hydrogen) atoms. The lowest BCUT2D eigenvalue weighted by Crippen LogP contribution is -2.39. The molecule has 4 rings (SSSR count). The quantitative estimate of drug-likeness (QED) is 0.767. The lowest BCUT2D eigenvalue weighted by molar-refractivity contribution is 0.0736. The molecule has 5 heteroatoms. The van der Waals surface area contributed by atoms with Crippen LogP contribution in [0.4, 0.5) is 0 Å². The van der Waals surface area contributed by atoms with E-state index in [1.54, 1.807) is 13.2 Å². The average molecular weight is 406 g/mol. The zero-order valence-corrected chi connectivity index (χ0v) is 18.2. The van der Waals surface area contributed by atoms with E-state index < -0.39 is 0 Å². The number of amides is 1. The summed E-state index contributed by atoms with van der Waals surface area (Å²) in [5.74, 6) is 0.527. The molecule has 0 spiro atoms. The second-order valence-electron chi connectivity index (χ2n) is 8.79. The van der Waals surface area contributed by atoms with Crippen LogP contribution in [0.2, 0.25) is 0 Å². The Morgan fingerprint density at radius 1 is 1.20 bits per heavy atom. The molecule has 0 saturated carbocycles. The third kappa shape index (κ3) is 4.12. The zero-order chi connectivity index (χ0) is 21.3. The molecular formula is C25H31N3O2. The highest BCUT2D eigenvalue weighted by atomic mass is 16.2. The van der Waals surface area contributed by atoms with Crippen molar-refractivity contribution in [3.8, 4) is 0 Å². The first-order valence-electron chi connectivity index (χ1n) is 10.9. The fourth-order valence-corrected chi connectivity index (χ4v) is 4.70.